The average molecular weight is 293 g/mol. The van der Waals surface area contributed by atoms with Gasteiger partial charge in [-0.3, -0.25) is 0 Å². The predicted molar refractivity (Wildman–Crippen MR) is 89.2 cm³/mol. The van der Waals surface area contributed by atoms with E-state index in [1.807, 2.05) is 26.0 Å². The Morgan fingerprint density at radius 2 is 1.81 bits per heavy atom. The molecule has 0 saturated heterocycles. The van der Waals surface area contributed by atoms with Crippen LogP contribution in [0.5, 0.6) is 11.5 Å². The van der Waals surface area contributed by atoms with E-state index in [-0.39, 0.29) is 6.04 Å². The minimum absolute atomic E-state index is 0.119. The van der Waals surface area contributed by atoms with Gasteiger partial charge in [-0.15, -0.1) is 0 Å². The zero-order valence-corrected chi connectivity index (χ0v) is 13.9. The maximum absolute atomic E-state index is 6.02. The van der Waals surface area contributed by atoms with E-state index in [2.05, 4.69) is 13.0 Å². The van der Waals surface area contributed by atoms with Crippen molar-refractivity contribution in [3.05, 3.63) is 23.8 Å². The number of nitrogens with two attached hydrogens (primary N) is 1. The van der Waals surface area contributed by atoms with E-state index >= 15 is 0 Å². The smallest absolute Gasteiger partial charge is 0.164 e. The second-order valence-electron chi connectivity index (χ2n) is 5.62. The number of hydrogen-bond donors (Lipinski definition) is 1. The molecule has 0 aromatic heterocycles. The second kappa shape index (κ2) is 10.5. The van der Waals surface area contributed by atoms with Crippen molar-refractivity contribution >= 4 is 0 Å². The first-order valence-corrected chi connectivity index (χ1v) is 8.32. The highest BCUT2D eigenvalue weighted by atomic mass is 16.5. The number of hydrogen-bond acceptors (Lipinski definition) is 3. The van der Waals surface area contributed by atoms with Crippen LogP contribution in [-0.2, 0) is 6.42 Å². The van der Waals surface area contributed by atoms with Crippen molar-refractivity contribution < 1.29 is 9.47 Å². The van der Waals surface area contributed by atoms with Crippen molar-refractivity contribution in [3.8, 4) is 11.5 Å². The van der Waals surface area contributed by atoms with Gasteiger partial charge in [0.25, 0.3) is 0 Å². The Morgan fingerprint density at radius 1 is 1.05 bits per heavy atom. The fraction of sp³-hybridized carbons (Fsp3) is 0.667. The number of rotatable bonds is 11. The summed E-state index contributed by atoms with van der Waals surface area (Å²) in [5, 5.41) is 0. The first-order valence-electron chi connectivity index (χ1n) is 8.32. The molecule has 0 spiro atoms. The highest BCUT2D eigenvalue weighted by Gasteiger charge is 2.12. The Balaban J connectivity index is 2.62. The lowest BCUT2D eigenvalue weighted by molar-refractivity contribution is 0.267. The molecule has 21 heavy (non-hydrogen) atoms. The molecule has 0 aliphatic rings. The molecule has 1 unspecified atom stereocenters. The standard InChI is InChI=1S/C18H31NO2/c1-4-6-7-8-9-13-21-18-16(14-15(3)19)11-10-12-17(18)20-5-2/h10-12,15H,4-9,13-14,19H2,1-3H3. The Bertz CT molecular complexity index is 391. The van der Waals surface area contributed by atoms with Gasteiger partial charge in [0, 0.05) is 6.04 Å². The molecule has 0 radical (unpaired) electrons. The second-order valence-corrected chi connectivity index (χ2v) is 5.62. The van der Waals surface area contributed by atoms with Crippen LogP contribution >= 0.6 is 0 Å². The first kappa shape index (κ1) is 17.8. The molecule has 1 aromatic rings. The summed E-state index contributed by atoms with van der Waals surface area (Å²) in [6.45, 7) is 7.64. The van der Waals surface area contributed by atoms with E-state index in [1.165, 1.54) is 25.7 Å². The average Bonchev–Trinajstić information content (AvgIpc) is 2.44. The van der Waals surface area contributed by atoms with Crippen molar-refractivity contribution in [2.45, 2.75) is 65.3 Å². The topological polar surface area (TPSA) is 44.5 Å². The van der Waals surface area contributed by atoms with Crippen molar-refractivity contribution in [1.29, 1.82) is 0 Å². The number of ether oxygens (including phenoxy) is 2. The SMILES string of the molecule is CCCCCCCOc1c(CC(C)N)cccc1OCC. The molecule has 0 bridgehead atoms. The molecular formula is C18H31NO2. The van der Waals surface area contributed by atoms with E-state index in [1.54, 1.807) is 0 Å². The molecular weight excluding hydrogens is 262 g/mol. The number of unbranched alkanes of at least 4 members (excludes halogenated alkanes) is 4. The van der Waals surface area contributed by atoms with Crippen LogP contribution in [0.15, 0.2) is 18.2 Å². The van der Waals surface area contributed by atoms with Crippen molar-refractivity contribution in [2.24, 2.45) is 5.73 Å². The Kier molecular flexibility index (Phi) is 8.91. The van der Waals surface area contributed by atoms with Gasteiger partial charge in [0.2, 0.25) is 0 Å². The summed E-state index contributed by atoms with van der Waals surface area (Å²) in [6.07, 6.45) is 7.01. The van der Waals surface area contributed by atoms with Gasteiger partial charge in [0.1, 0.15) is 0 Å². The normalized spacial score (nSPS) is 12.2. The van der Waals surface area contributed by atoms with E-state index in [0.29, 0.717) is 6.61 Å². The summed E-state index contributed by atoms with van der Waals surface area (Å²) in [4.78, 5) is 0. The molecule has 3 nitrogen and oxygen atoms in total. The van der Waals surface area contributed by atoms with Gasteiger partial charge in [-0.25, -0.2) is 0 Å². The van der Waals surface area contributed by atoms with Crippen molar-refractivity contribution in [1.82, 2.24) is 0 Å². The molecule has 2 N–H and O–H groups in total. The van der Waals surface area contributed by atoms with Gasteiger partial charge in [-0.1, -0.05) is 44.7 Å². The lowest BCUT2D eigenvalue weighted by Crippen LogP contribution is -2.18. The lowest BCUT2D eigenvalue weighted by Gasteiger charge is -2.17. The summed E-state index contributed by atoms with van der Waals surface area (Å²) >= 11 is 0. The molecule has 0 amide bonds. The molecule has 1 rings (SSSR count). The highest BCUT2D eigenvalue weighted by Crippen LogP contribution is 2.32. The van der Waals surface area contributed by atoms with Crippen LogP contribution in [0.3, 0.4) is 0 Å². The summed E-state index contributed by atoms with van der Waals surface area (Å²) in [7, 11) is 0. The fourth-order valence-corrected chi connectivity index (χ4v) is 2.38. The van der Waals surface area contributed by atoms with Crippen LogP contribution in [0.1, 0.15) is 58.4 Å². The van der Waals surface area contributed by atoms with Gasteiger partial charge >= 0.3 is 0 Å². The van der Waals surface area contributed by atoms with E-state index in [0.717, 1.165) is 36.5 Å². The van der Waals surface area contributed by atoms with Crippen molar-refractivity contribution in [3.63, 3.8) is 0 Å². The monoisotopic (exact) mass is 293 g/mol. The van der Waals surface area contributed by atoms with Gasteiger partial charge in [-0.2, -0.15) is 0 Å². The van der Waals surface area contributed by atoms with E-state index < -0.39 is 0 Å². The summed E-state index contributed by atoms with van der Waals surface area (Å²) in [5.41, 5.74) is 7.07. The zero-order chi connectivity index (χ0) is 15.5. The van der Waals surface area contributed by atoms with Crippen LogP contribution in [0.4, 0.5) is 0 Å². The van der Waals surface area contributed by atoms with Gasteiger partial charge < -0.3 is 15.2 Å². The molecule has 0 saturated carbocycles. The Hall–Kier alpha value is -1.22. The third-order valence-corrected chi connectivity index (χ3v) is 3.40. The molecule has 0 fully saturated rings. The molecule has 3 heteroatoms. The van der Waals surface area contributed by atoms with Crippen LogP contribution < -0.4 is 15.2 Å². The van der Waals surface area contributed by atoms with E-state index in [9.17, 15) is 0 Å². The summed E-state index contributed by atoms with van der Waals surface area (Å²) < 4.78 is 11.7. The molecule has 0 aliphatic heterocycles. The van der Waals surface area contributed by atoms with Gasteiger partial charge in [0.05, 0.1) is 13.2 Å². The predicted octanol–water partition coefficient (Wildman–Crippen LogP) is 4.32. The Labute approximate surface area is 129 Å². The first-order chi connectivity index (χ1) is 10.2. The van der Waals surface area contributed by atoms with Gasteiger partial charge in [-0.05, 0) is 38.3 Å². The quantitative estimate of drug-likeness (QED) is 0.618. The highest BCUT2D eigenvalue weighted by molar-refractivity contribution is 5.47. The fourth-order valence-electron chi connectivity index (χ4n) is 2.38. The molecule has 0 heterocycles. The number of benzene rings is 1. The molecule has 120 valence electrons. The minimum atomic E-state index is 0.119. The molecule has 0 aliphatic carbocycles. The largest absolute Gasteiger partial charge is 0.490 e. The zero-order valence-electron chi connectivity index (χ0n) is 13.9. The summed E-state index contributed by atoms with van der Waals surface area (Å²) in [6, 6.07) is 6.18. The maximum Gasteiger partial charge on any atom is 0.164 e. The lowest BCUT2D eigenvalue weighted by atomic mass is 10.1. The van der Waals surface area contributed by atoms with Crippen LogP contribution in [-0.4, -0.2) is 19.3 Å². The van der Waals surface area contributed by atoms with E-state index in [4.69, 9.17) is 15.2 Å². The van der Waals surface area contributed by atoms with Gasteiger partial charge in [0.15, 0.2) is 11.5 Å². The third kappa shape index (κ3) is 6.85. The number of para-hydroxylation sites is 1. The molecule has 1 atom stereocenters. The molecule has 1 aromatic carbocycles. The minimum Gasteiger partial charge on any atom is -0.490 e. The van der Waals surface area contributed by atoms with Crippen molar-refractivity contribution in [2.75, 3.05) is 13.2 Å². The Morgan fingerprint density at radius 3 is 2.48 bits per heavy atom. The van der Waals surface area contributed by atoms with Crippen LogP contribution in [0.25, 0.3) is 0 Å². The maximum atomic E-state index is 6.02. The van der Waals surface area contributed by atoms with Crippen LogP contribution in [0.2, 0.25) is 0 Å². The third-order valence-electron chi connectivity index (χ3n) is 3.40. The van der Waals surface area contributed by atoms with Crippen LogP contribution in [0, 0.1) is 0 Å². The summed E-state index contributed by atoms with van der Waals surface area (Å²) in [5.74, 6) is 1.72.